The lowest BCUT2D eigenvalue weighted by Gasteiger charge is -2.26. The van der Waals surface area contributed by atoms with Gasteiger partial charge in [0.25, 0.3) is 0 Å². The Labute approximate surface area is 137 Å². The first-order valence-electron chi connectivity index (χ1n) is 6.58. The predicted octanol–water partition coefficient (Wildman–Crippen LogP) is 4.12. The molecule has 0 bridgehead atoms. The second-order valence-electron chi connectivity index (χ2n) is 4.70. The summed E-state index contributed by atoms with van der Waals surface area (Å²) in [6.45, 7) is 3.66. The van der Waals surface area contributed by atoms with Crippen molar-refractivity contribution in [3.63, 3.8) is 0 Å². The minimum Gasteiger partial charge on any atom is -0.481 e. The Balaban J connectivity index is 2.70. The predicted molar refractivity (Wildman–Crippen MR) is 86.8 cm³/mol. The smallest absolute Gasteiger partial charge is 0.319 e. The van der Waals surface area contributed by atoms with Crippen molar-refractivity contribution in [2.24, 2.45) is 5.41 Å². The molecule has 0 heterocycles. The van der Waals surface area contributed by atoms with Crippen molar-refractivity contribution < 1.29 is 14.7 Å². The summed E-state index contributed by atoms with van der Waals surface area (Å²) in [7, 11) is 0. The minimum atomic E-state index is -0.942. The molecule has 1 aromatic rings. The molecule has 0 aliphatic rings. The molecule has 0 saturated heterocycles. The lowest BCUT2D eigenvalue weighted by atomic mass is 9.82. The number of hydrogen-bond donors (Lipinski definition) is 3. The van der Waals surface area contributed by atoms with Crippen LogP contribution < -0.4 is 10.6 Å². The van der Waals surface area contributed by atoms with Gasteiger partial charge in [-0.1, -0.05) is 31.5 Å². The Morgan fingerprint density at radius 3 is 2.48 bits per heavy atom. The first-order valence-corrected chi connectivity index (χ1v) is 7.75. The van der Waals surface area contributed by atoms with E-state index >= 15 is 0 Å². The van der Waals surface area contributed by atoms with Crippen LogP contribution in [-0.4, -0.2) is 23.7 Å². The zero-order chi connectivity index (χ0) is 16.0. The average molecular weight is 378 g/mol. The second-order valence-corrected chi connectivity index (χ2v) is 5.90. The summed E-state index contributed by atoms with van der Waals surface area (Å²) in [6, 6.07) is 4.63. The molecule has 3 N–H and O–H groups in total. The molecule has 5 nitrogen and oxygen atoms in total. The topological polar surface area (TPSA) is 78.4 Å². The average Bonchev–Trinajstić information content (AvgIpc) is 2.45. The van der Waals surface area contributed by atoms with Gasteiger partial charge in [-0.25, -0.2) is 4.79 Å². The molecule has 0 radical (unpaired) electrons. The number of urea groups is 1. The molecule has 0 aliphatic carbocycles. The van der Waals surface area contributed by atoms with Crippen molar-refractivity contribution in [3.8, 4) is 0 Å². The minimum absolute atomic E-state index is 0.0688. The Hall–Kier alpha value is -1.27. The van der Waals surface area contributed by atoms with Gasteiger partial charge in [0, 0.05) is 6.54 Å². The van der Waals surface area contributed by atoms with Crippen LogP contribution in [-0.2, 0) is 4.79 Å². The molecule has 0 atom stereocenters. The van der Waals surface area contributed by atoms with Crippen molar-refractivity contribution in [1.29, 1.82) is 0 Å². The number of nitrogens with one attached hydrogen (secondary N) is 2. The maximum atomic E-state index is 11.9. The SMILES string of the molecule is CCC(CC)(CNC(=O)Nc1cccc(Cl)c1Br)C(=O)O. The number of carboxylic acid groups (broad SMARTS) is 1. The maximum absolute atomic E-state index is 11.9. The second kappa shape index (κ2) is 7.66. The highest BCUT2D eigenvalue weighted by atomic mass is 79.9. The largest absolute Gasteiger partial charge is 0.481 e. The van der Waals surface area contributed by atoms with Crippen LogP contribution in [0.5, 0.6) is 0 Å². The molecule has 0 aromatic heterocycles. The highest BCUT2D eigenvalue weighted by molar-refractivity contribution is 9.10. The van der Waals surface area contributed by atoms with Gasteiger partial charge in [0.05, 0.1) is 20.6 Å². The maximum Gasteiger partial charge on any atom is 0.319 e. The Bertz CT molecular complexity index is 533. The summed E-state index contributed by atoms with van der Waals surface area (Å²) < 4.78 is 0.581. The van der Waals surface area contributed by atoms with E-state index in [-0.39, 0.29) is 6.54 Å². The van der Waals surface area contributed by atoms with E-state index in [2.05, 4.69) is 26.6 Å². The van der Waals surface area contributed by atoms with Gasteiger partial charge in [0.1, 0.15) is 0 Å². The standard InChI is InChI=1S/C14H18BrClN2O3/c1-3-14(4-2,12(19)20)8-17-13(21)18-10-7-5-6-9(16)11(10)15/h5-7H,3-4,8H2,1-2H3,(H,19,20)(H2,17,18,21). The van der Waals surface area contributed by atoms with Gasteiger partial charge in [-0.05, 0) is 40.9 Å². The number of carbonyl (C=O) groups excluding carboxylic acids is 1. The van der Waals surface area contributed by atoms with Gasteiger partial charge >= 0.3 is 12.0 Å². The van der Waals surface area contributed by atoms with Crippen LogP contribution in [0.15, 0.2) is 22.7 Å². The summed E-state index contributed by atoms with van der Waals surface area (Å²) in [4.78, 5) is 23.3. The first kappa shape index (κ1) is 17.8. The number of hydrogen-bond acceptors (Lipinski definition) is 2. The van der Waals surface area contributed by atoms with E-state index < -0.39 is 17.4 Å². The van der Waals surface area contributed by atoms with Gasteiger partial charge in [0.15, 0.2) is 0 Å². The molecule has 0 aliphatic heterocycles. The van der Waals surface area contributed by atoms with E-state index in [0.717, 1.165) is 0 Å². The number of halogens is 2. The van der Waals surface area contributed by atoms with E-state index in [4.69, 9.17) is 11.6 Å². The quantitative estimate of drug-likeness (QED) is 0.698. The summed E-state index contributed by atoms with van der Waals surface area (Å²) >= 11 is 9.22. The van der Waals surface area contributed by atoms with Crippen LogP contribution in [0.4, 0.5) is 10.5 Å². The molecule has 0 spiro atoms. The van der Waals surface area contributed by atoms with Crippen molar-refractivity contribution in [3.05, 3.63) is 27.7 Å². The first-order chi connectivity index (χ1) is 9.86. The van der Waals surface area contributed by atoms with E-state index in [0.29, 0.717) is 28.0 Å². The zero-order valence-corrected chi connectivity index (χ0v) is 14.2. The van der Waals surface area contributed by atoms with Crippen LogP contribution in [0.1, 0.15) is 26.7 Å². The Morgan fingerprint density at radius 1 is 1.33 bits per heavy atom. The van der Waals surface area contributed by atoms with Gasteiger partial charge in [0.2, 0.25) is 0 Å². The fourth-order valence-electron chi connectivity index (χ4n) is 1.89. The van der Waals surface area contributed by atoms with Crippen LogP contribution >= 0.6 is 27.5 Å². The summed E-state index contributed by atoms with van der Waals surface area (Å²) in [5, 5.41) is 15.0. The molecule has 0 saturated carbocycles. The van der Waals surface area contributed by atoms with Gasteiger partial charge in [-0.3, -0.25) is 4.79 Å². The zero-order valence-electron chi connectivity index (χ0n) is 11.9. The Morgan fingerprint density at radius 2 is 1.95 bits per heavy atom. The normalized spacial score (nSPS) is 11.0. The number of carboxylic acids is 1. The molecular formula is C14H18BrClN2O3. The third kappa shape index (κ3) is 4.35. The molecule has 1 aromatic carbocycles. The van der Waals surface area contributed by atoms with E-state index in [1.165, 1.54) is 0 Å². The molecule has 2 amide bonds. The van der Waals surface area contributed by atoms with Crippen LogP contribution in [0, 0.1) is 5.41 Å². The number of rotatable bonds is 6. The summed E-state index contributed by atoms with van der Waals surface area (Å²) in [6.07, 6.45) is 0.889. The Kier molecular flexibility index (Phi) is 6.48. The molecule has 1 rings (SSSR count). The number of carbonyl (C=O) groups is 2. The fraction of sp³-hybridized carbons (Fsp3) is 0.429. The third-order valence-corrected chi connectivity index (χ3v) is 4.99. The van der Waals surface area contributed by atoms with Crippen LogP contribution in [0.3, 0.4) is 0 Å². The lowest BCUT2D eigenvalue weighted by Crippen LogP contribution is -2.43. The highest BCUT2D eigenvalue weighted by Gasteiger charge is 2.35. The third-order valence-electron chi connectivity index (χ3n) is 3.59. The monoisotopic (exact) mass is 376 g/mol. The van der Waals surface area contributed by atoms with E-state index in [1.807, 2.05) is 0 Å². The molecule has 7 heteroatoms. The molecule has 116 valence electrons. The summed E-state index contributed by atoms with van der Waals surface area (Å²) in [5.74, 6) is -0.906. The van der Waals surface area contributed by atoms with Gasteiger partial charge in [-0.2, -0.15) is 0 Å². The van der Waals surface area contributed by atoms with E-state index in [9.17, 15) is 14.7 Å². The van der Waals surface area contributed by atoms with Crippen molar-refractivity contribution in [2.45, 2.75) is 26.7 Å². The van der Waals surface area contributed by atoms with Crippen molar-refractivity contribution in [1.82, 2.24) is 5.32 Å². The number of aliphatic carboxylic acids is 1. The number of amides is 2. The molecule has 21 heavy (non-hydrogen) atoms. The van der Waals surface area contributed by atoms with Crippen molar-refractivity contribution in [2.75, 3.05) is 11.9 Å². The van der Waals surface area contributed by atoms with Crippen LogP contribution in [0.25, 0.3) is 0 Å². The molecule has 0 fully saturated rings. The number of anilines is 1. The molecule has 0 unspecified atom stereocenters. The lowest BCUT2D eigenvalue weighted by molar-refractivity contribution is -0.149. The number of benzene rings is 1. The summed E-state index contributed by atoms with van der Waals surface area (Å²) in [5.41, 5.74) is -0.419. The van der Waals surface area contributed by atoms with Crippen molar-refractivity contribution >= 4 is 45.2 Å². The fourth-order valence-corrected chi connectivity index (χ4v) is 2.43. The van der Waals surface area contributed by atoms with Crippen LogP contribution in [0.2, 0.25) is 5.02 Å². The van der Waals surface area contributed by atoms with Gasteiger partial charge in [-0.15, -0.1) is 0 Å². The van der Waals surface area contributed by atoms with E-state index in [1.54, 1.807) is 32.0 Å². The highest BCUT2D eigenvalue weighted by Crippen LogP contribution is 2.30. The molecular weight excluding hydrogens is 360 g/mol. The van der Waals surface area contributed by atoms with Gasteiger partial charge < -0.3 is 15.7 Å².